The maximum absolute atomic E-state index is 13.0. The van der Waals surface area contributed by atoms with E-state index in [0.29, 0.717) is 27.9 Å². The van der Waals surface area contributed by atoms with Crippen molar-refractivity contribution < 1.29 is 9.59 Å². The Hall–Kier alpha value is -1.95. The van der Waals surface area contributed by atoms with Crippen LogP contribution >= 0.6 is 35.0 Å². The van der Waals surface area contributed by atoms with Gasteiger partial charge in [0.25, 0.3) is 5.91 Å². The molecule has 1 heterocycles. The first-order valence-electron chi connectivity index (χ1n) is 10.3. The van der Waals surface area contributed by atoms with E-state index in [4.69, 9.17) is 23.2 Å². The highest BCUT2D eigenvalue weighted by Crippen LogP contribution is 2.43. The second kappa shape index (κ2) is 9.68. The van der Waals surface area contributed by atoms with Crippen LogP contribution in [0.5, 0.6) is 0 Å². The number of carbonyl (C=O) groups is 2. The smallest absolute Gasteiger partial charge is 0.260 e. The van der Waals surface area contributed by atoms with E-state index in [1.165, 1.54) is 0 Å². The lowest BCUT2D eigenvalue weighted by Crippen LogP contribution is -2.52. The number of carbonyl (C=O) groups excluding carboxylic acids is 2. The summed E-state index contributed by atoms with van der Waals surface area (Å²) in [6, 6.07) is 15.1. The van der Waals surface area contributed by atoms with Gasteiger partial charge in [-0.3, -0.25) is 9.59 Å². The highest BCUT2D eigenvalue weighted by atomic mass is 35.5. The Labute approximate surface area is 197 Å². The van der Waals surface area contributed by atoms with Gasteiger partial charge in [-0.25, -0.2) is 0 Å². The van der Waals surface area contributed by atoms with E-state index in [-0.39, 0.29) is 29.0 Å². The number of hydrogen-bond acceptors (Lipinski definition) is 3. The molecular formula is C24H24Cl2N2O2S. The van der Waals surface area contributed by atoms with Crippen molar-refractivity contribution in [2.75, 3.05) is 7.05 Å². The van der Waals surface area contributed by atoms with E-state index >= 15 is 0 Å². The van der Waals surface area contributed by atoms with E-state index in [0.717, 1.165) is 24.0 Å². The average molecular weight is 475 g/mol. The number of nitrogens with one attached hydrogen (secondary N) is 1. The number of fused-ring (bicyclic) bond motifs is 1. The molecule has 7 heteroatoms. The molecule has 2 amide bonds. The van der Waals surface area contributed by atoms with Crippen LogP contribution < -0.4 is 5.32 Å². The molecule has 31 heavy (non-hydrogen) atoms. The standard InChI is InChI=1S/C24H24Cl2N2O2S/c1-28-20-12-17(23(29)27-14-15-6-9-18(25)10-7-15)8-11-21(20)31-22(24(28)30)13-16-4-2-3-5-19(16)26/h2-7,9-10,13,17,20-21H,8,11-12,14H2,1H3,(H,27,29)/b22-13-. The zero-order valence-corrected chi connectivity index (χ0v) is 19.5. The number of amides is 2. The lowest BCUT2D eigenvalue weighted by molar-refractivity contribution is -0.132. The van der Waals surface area contributed by atoms with Crippen molar-refractivity contribution in [3.8, 4) is 0 Å². The molecule has 1 N–H and O–H groups in total. The molecule has 1 aliphatic carbocycles. The van der Waals surface area contributed by atoms with E-state index < -0.39 is 0 Å². The number of halogens is 2. The fraction of sp³-hybridized carbons (Fsp3) is 0.333. The molecule has 0 bridgehead atoms. The molecule has 2 aromatic rings. The Balaban J connectivity index is 1.40. The summed E-state index contributed by atoms with van der Waals surface area (Å²) in [5.41, 5.74) is 1.86. The minimum absolute atomic E-state index is 0.00612. The summed E-state index contributed by atoms with van der Waals surface area (Å²) in [5, 5.41) is 4.64. The van der Waals surface area contributed by atoms with Gasteiger partial charge in [0.05, 0.1) is 4.91 Å². The van der Waals surface area contributed by atoms with Crippen molar-refractivity contribution in [1.82, 2.24) is 10.2 Å². The van der Waals surface area contributed by atoms with Gasteiger partial charge < -0.3 is 10.2 Å². The van der Waals surface area contributed by atoms with Gasteiger partial charge in [-0.2, -0.15) is 0 Å². The second-order valence-electron chi connectivity index (χ2n) is 8.02. The van der Waals surface area contributed by atoms with Crippen molar-refractivity contribution in [3.63, 3.8) is 0 Å². The zero-order chi connectivity index (χ0) is 22.0. The summed E-state index contributed by atoms with van der Waals surface area (Å²) >= 11 is 13.8. The molecule has 162 valence electrons. The largest absolute Gasteiger partial charge is 0.352 e. The average Bonchev–Trinajstić information content (AvgIpc) is 2.78. The molecule has 2 aromatic carbocycles. The molecule has 3 atom stereocenters. The SMILES string of the molecule is CN1C(=O)/C(=C/c2ccccc2Cl)SC2CCC(C(=O)NCc3ccc(Cl)cc3)CC21. The van der Waals surface area contributed by atoms with Gasteiger partial charge in [0, 0.05) is 40.8 Å². The molecule has 2 fully saturated rings. The second-order valence-corrected chi connectivity index (χ2v) is 10.1. The molecule has 2 aliphatic rings. The molecule has 0 aromatic heterocycles. The number of rotatable bonds is 4. The van der Waals surface area contributed by atoms with Crippen LogP contribution in [0, 0.1) is 5.92 Å². The van der Waals surface area contributed by atoms with Crippen molar-refractivity contribution in [1.29, 1.82) is 0 Å². The Morgan fingerprint density at radius 3 is 2.65 bits per heavy atom. The molecule has 0 spiro atoms. The molecule has 4 rings (SSSR count). The Bertz CT molecular complexity index is 1010. The predicted octanol–water partition coefficient (Wildman–Crippen LogP) is 5.39. The van der Waals surface area contributed by atoms with Crippen LogP contribution in [-0.2, 0) is 16.1 Å². The summed E-state index contributed by atoms with van der Waals surface area (Å²) in [4.78, 5) is 28.3. The van der Waals surface area contributed by atoms with Crippen molar-refractivity contribution in [2.45, 2.75) is 37.1 Å². The fourth-order valence-electron chi connectivity index (χ4n) is 4.20. The highest BCUT2D eigenvalue weighted by molar-refractivity contribution is 8.04. The van der Waals surface area contributed by atoms with Gasteiger partial charge in [-0.1, -0.05) is 53.5 Å². The van der Waals surface area contributed by atoms with Gasteiger partial charge in [0.1, 0.15) is 0 Å². The third-order valence-electron chi connectivity index (χ3n) is 6.00. The number of nitrogens with zero attached hydrogens (tertiary/aromatic N) is 1. The molecule has 1 saturated heterocycles. The minimum atomic E-state index is -0.0847. The Morgan fingerprint density at radius 2 is 1.90 bits per heavy atom. The third kappa shape index (κ3) is 5.11. The topological polar surface area (TPSA) is 49.4 Å². The molecule has 0 radical (unpaired) electrons. The van der Waals surface area contributed by atoms with Gasteiger partial charge >= 0.3 is 0 Å². The molecule has 4 nitrogen and oxygen atoms in total. The van der Waals surface area contributed by atoms with E-state index in [9.17, 15) is 9.59 Å². The monoisotopic (exact) mass is 474 g/mol. The summed E-state index contributed by atoms with van der Waals surface area (Å²) < 4.78 is 0. The quantitative estimate of drug-likeness (QED) is 0.603. The maximum atomic E-state index is 13.0. The van der Waals surface area contributed by atoms with Crippen molar-refractivity contribution in [3.05, 3.63) is 74.6 Å². The zero-order valence-electron chi connectivity index (χ0n) is 17.2. The van der Waals surface area contributed by atoms with Crippen LogP contribution in [0.1, 0.15) is 30.4 Å². The van der Waals surface area contributed by atoms with Crippen LogP contribution in [0.25, 0.3) is 6.08 Å². The molecular weight excluding hydrogens is 451 g/mol. The normalized spacial score (nSPS) is 24.7. The molecule has 1 saturated carbocycles. The van der Waals surface area contributed by atoms with Crippen LogP contribution in [-0.4, -0.2) is 35.1 Å². The van der Waals surface area contributed by atoms with Gasteiger partial charge in [-0.05, 0) is 54.7 Å². The lowest BCUT2D eigenvalue weighted by Gasteiger charge is -2.44. The minimum Gasteiger partial charge on any atom is -0.352 e. The fourth-order valence-corrected chi connectivity index (χ4v) is 5.99. The van der Waals surface area contributed by atoms with Crippen molar-refractivity contribution >= 4 is 52.9 Å². The first kappa shape index (κ1) is 22.3. The Kier molecular flexibility index (Phi) is 6.95. The van der Waals surface area contributed by atoms with Gasteiger partial charge in [-0.15, -0.1) is 11.8 Å². The van der Waals surface area contributed by atoms with E-state index in [1.807, 2.05) is 66.6 Å². The Morgan fingerprint density at radius 1 is 1.16 bits per heavy atom. The van der Waals surface area contributed by atoms with Crippen LogP contribution in [0.15, 0.2) is 53.4 Å². The summed E-state index contributed by atoms with van der Waals surface area (Å²) in [6.07, 6.45) is 4.28. The molecule has 3 unspecified atom stereocenters. The predicted molar refractivity (Wildman–Crippen MR) is 128 cm³/mol. The van der Waals surface area contributed by atoms with E-state index in [1.54, 1.807) is 11.8 Å². The maximum Gasteiger partial charge on any atom is 0.260 e. The third-order valence-corrected chi connectivity index (χ3v) is 8.00. The number of thioether (sulfide) groups is 1. The molecule has 1 aliphatic heterocycles. The summed E-state index contributed by atoms with van der Waals surface area (Å²) in [7, 11) is 1.84. The number of benzene rings is 2. The summed E-state index contributed by atoms with van der Waals surface area (Å²) in [5.74, 6) is -0.0384. The van der Waals surface area contributed by atoms with Crippen LogP contribution in [0.3, 0.4) is 0 Å². The van der Waals surface area contributed by atoms with E-state index in [2.05, 4.69) is 5.32 Å². The first-order chi connectivity index (χ1) is 14.9. The van der Waals surface area contributed by atoms with Crippen LogP contribution in [0.4, 0.5) is 0 Å². The number of hydrogen-bond donors (Lipinski definition) is 1. The van der Waals surface area contributed by atoms with Crippen LogP contribution in [0.2, 0.25) is 10.0 Å². The van der Waals surface area contributed by atoms with Crippen molar-refractivity contribution in [2.24, 2.45) is 5.92 Å². The van der Waals surface area contributed by atoms with Gasteiger partial charge in [0.2, 0.25) is 5.91 Å². The first-order valence-corrected chi connectivity index (χ1v) is 12.0. The lowest BCUT2D eigenvalue weighted by atomic mass is 9.83. The highest BCUT2D eigenvalue weighted by Gasteiger charge is 2.42. The summed E-state index contributed by atoms with van der Waals surface area (Å²) in [6.45, 7) is 0.481. The van der Waals surface area contributed by atoms with Gasteiger partial charge in [0.15, 0.2) is 0 Å². The number of likely N-dealkylation sites (N-methyl/N-ethyl adjacent to an activating group) is 1.